The van der Waals surface area contributed by atoms with Crippen molar-refractivity contribution in [2.75, 3.05) is 0 Å². The van der Waals surface area contributed by atoms with Gasteiger partial charge in [0.05, 0.1) is 16.3 Å². The first kappa shape index (κ1) is 24.3. The van der Waals surface area contributed by atoms with E-state index in [9.17, 15) is 13.2 Å². The molecule has 0 saturated heterocycles. The Hall–Kier alpha value is -3.40. The van der Waals surface area contributed by atoms with Crippen molar-refractivity contribution in [3.05, 3.63) is 117 Å². The Labute approximate surface area is 217 Å². The Kier molecular flexibility index (Phi) is 6.70. The van der Waals surface area contributed by atoms with Crippen LogP contribution in [-0.4, -0.2) is 27.6 Å². The fraction of sp³-hybridized carbons (Fsp3) is 0.115. The van der Waals surface area contributed by atoms with Crippen molar-refractivity contribution >= 4 is 38.8 Å². The molecule has 5 rings (SSSR count). The molecule has 0 amide bonds. The maximum Gasteiger partial charge on any atom is 0.300 e. The number of benzene rings is 3. The van der Waals surface area contributed by atoms with Crippen LogP contribution in [-0.2, 0) is 21.3 Å². The second-order valence-electron chi connectivity index (χ2n) is 8.16. The second-order valence-corrected chi connectivity index (χ2v) is 11.5. The van der Waals surface area contributed by atoms with Crippen LogP contribution in [0.3, 0.4) is 0 Å². The molecule has 36 heavy (non-hydrogen) atoms. The summed E-state index contributed by atoms with van der Waals surface area (Å²) in [5.41, 5.74) is 2.96. The molecule has 5 aromatic rings. The van der Waals surface area contributed by atoms with Gasteiger partial charge in [0.15, 0.2) is 15.0 Å². The highest BCUT2D eigenvalue weighted by Gasteiger charge is 2.18. The Morgan fingerprint density at radius 2 is 1.61 bits per heavy atom. The quantitative estimate of drug-likeness (QED) is 0.269. The van der Waals surface area contributed by atoms with Gasteiger partial charge in [-0.3, -0.25) is 13.8 Å². The highest BCUT2D eigenvalue weighted by molar-refractivity contribution is 7.98. The van der Waals surface area contributed by atoms with Crippen LogP contribution in [0.1, 0.15) is 16.7 Å². The Bertz CT molecular complexity index is 1730. The average Bonchev–Trinajstić information content (AvgIpc) is 3.30. The van der Waals surface area contributed by atoms with E-state index in [1.165, 1.54) is 16.3 Å². The maximum absolute atomic E-state index is 13.1. The normalized spacial score (nSPS) is 11.7. The van der Waals surface area contributed by atoms with Crippen molar-refractivity contribution in [2.24, 2.45) is 0 Å². The smallest absolute Gasteiger partial charge is 0.279 e. The Morgan fingerprint density at radius 1 is 0.889 bits per heavy atom. The number of nitrogens with zero attached hydrogens (tertiary/aromatic N) is 4. The van der Waals surface area contributed by atoms with Crippen molar-refractivity contribution in [2.45, 2.75) is 28.5 Å². The van der Waals surface area contributed by atoms with Crippen molar-refractivity contribution in [3.63, 3.8) is 0 Å². The van der Waals surface area contributed by atoms with E-state index in [1.807, 2.05) is 37.3 Å². The third-order valence-electron chi connectivity index (χ3n) is 5.86. The fourth-order valence-electron chi connectivity index (χ4n) is 3.91. The first-order chi connectivity index (χ1) is 17.3. The summed E-state index contributed by atoms with van der Waals surface area (Å²) in [6, 6.07) is 21.3. The van der Waals surface area contributed by atoms with Gasteiger partial charge in [-0.2, -0.15) is 0 Å². The van der Waals surface area contributed by atoms with E-state index in [-0.39, 0.29) is 17.0 Å². The lowest BCUT2D eigenvalue weighted by Crippen LogP contribution is -2.21. The molecule has 0 aliphatic rings. The van der Waals surface area contributed by atoms with Gasteiger partial charge in [0, 0.05) is 23.2 Å². The van der Waals surface area contributed by atoms with Crippen molar-refractivity contribution in [3.8, 4) is 5.69 Å². The first-order valence-electron chi connectivity index (χ1n) is 11.0. The Morgan fingerprint density at radius 3 is 2.39 bits per heavy atom. The van der Waals surface area contributed by atoms with E-state index in [1.54, 1.807) is 59.3 Å². The van der Waals surface area contributed by atoms with Gasteiger partial charge in [-0.15, -0.1) is 10.2 Å². The lowest BCUT2D eigenvalue weighted by molar-refractivity contribution is 0.595. The molecular weight excluding hydrogens is 516 g/mol. The molecule has 2 aromatic heterocycles. The Balaban J connectivity index is 1.41. The van der Waals surface area contributed by atoms with Crippen LogP contribution in [0.25, 0.3) is 11.3 Å². The van der Waals surface area contributed by atoms with Crippen LogP contribution < -0.4 is 5.56 Å². The van der Waals surface area contributed by atoms with E-state index < -0.39 is 9.84 Å². The molecule has 0 unspecified atom stereocenters. The van der Waals surface area contributed by atoms with E-state index >= 15 is 0 Å². The molecular formula is C26H21ClN4O3S2. The zero-order valence-electron chi connectivity index (χ0n) is 19.2. The first-order valence-corrected chi connectivity index (χ1v) is 14.1. The van der Waals surface area contributed by atoms with E-state index in [0.717, 1.165) is 16.7 Å². The van der Waals surface area contributed by atoms with Gasteiger partial charge >= 0.3 is 5.56 Å². The highest BCUT2D eigenvalue weighted by Crippen LogP contribution is 2.26. The minimum atomic E-state index is -3.48. The maximum atomic E-state index is 13.1. The average molecular weight is 537 g/mol. The standard InChI is InChI=1S/C26H21ClN4O3S2/c1-18-22(27)12-7-13-23(18)30-14-15-31-24(25(30)32)28-29-26(31)35-16-19-8-5-6-9-20(19)17-36(33,34)21-10-3-2-4-11-21/h2-15H,16-17H2,1H3. The number of hydrogen-bond donors (Lipinski definition) is 0. The van der Waals surface area contributed by atoms with E-state index in [2.05, 4.69) is 10.2 Å². The largest absolute Gasteiger partial charge is 0.300 e. The topological polar surface area (TPSA) is 86.3 Å². The number of hydrogen-bond acceptors (Lipinski definition) is 6. The molecule has 0 aliphatic heterocycles. The minimum absolute atomic E-state index is 0.0992. The summed E-state index contributed by atoms with van der Waals surface area (Å²) < 4.78 is 29.0. The summed E-state index contributed by atoms with van der Waals surface area (Å²) in [6.45, 7) is 1.86. The zero-order chi connectivity index (χ0) is 25.3. The molecule has 0 aliphatic carbocycles. The molecule has 3 aromatic carbocycles. The van der Waals surface area contributed by atoms with Gasteiger partial charge < -0.3 is 0 Å². The van der Waals surface area contributed by atoms with Crippen LogP contribution in [0.15, 0.2) is 100 Å². The lowest BCUT2D eigenvalue weighted by atomic mass is 10.1. The van der Waals surface area contributed by atoms with Crippen LogP contribution in [0.5, 0.6) is 0 Å². The zero-order valence-corrected chi connectivity index (χ0v) is 21.6. The molecule has 0 radical (unpaired) electrons. The number of sulfone groups is 1. The third-order valence-corrected chi connectivity index (χ3v) is 8.94. The lowest BCUT2D eigenvalue weighted by Gasteiger charge is -2.11. The number of aromatic nitrogens is 4. The molecule has 182 valence electrons. The van der Waals surface area contributed by atoms with Gasteiger partial charge in [0.2, 0.25) is 5.65 Å². The van der Waals surface area contributed by atoms with Gasteiger partial charge in [-0.05, 0) is 47.9 Å². The molecule has 2 heterocycles. The molecule has 0 fully saturated rings. The minimum Gasteiger partial charge on any atom is -0.279 e. The number of halogens is 1. The molecule has 0 saturated carbocycles. The summed E-state index contributed by atoms with van der Waals surface area (Å²) in [6.07, 6.45) is 3.41. The van der Waals surface area contributed by atoms with E-state index in [4.69, 9.17) is 11.6 Å². The molecule has 0 spiro atoms. The van der Waals surface area contributed by atoms with Gasteiger partial charge in [0.1, 0.15) is 0 Å². The highest BCUT2D eigenvalue weighted by atomic mass is 35.5. The van der Waals surface area contributed by atoms with Gasteiger partial charge in [-0.25, -0.2) is 8.42 Å². The van der Waals surface area contributed by atoms with Crippen molar-refractivity contribution in [1.29, 1.82) is 0 Å². The number of thioether (sulfide) groups is 1. The van der Waals surface area contributed by atoms with Gasteiger partial charge in [0.25, 0.3) is 0 Å². The molecule has 7 nitrogen and oxygen atoms in total. The van der Waals surface area contributed by atoms with Crippen LogP contribution in [0.4, 0.5) is 0 Å². The molecule has 10 heteroatoms. The van der Waals surface area contributed by atoms with Gasteiger partial charge in [-0.1, -0.05) is 71.9 Å². The number of fused-ring (bicyclic) bond motifs is 1. The van der Waals surface area contributed by atoms with E-state index in [0.29, 0.717) is 26.5 Å². The summed E-state index contributed by atoms with van der Waals surface area (Å²) >= 11 is 7.62. The second kappa shape index (κ2) is 9.93. The van der Waals surface area contributed by atoms with Crippen molar-refractivity contribution in [1.82, 2.24) is 19.2 Å². The predicted molar refractivity (Wildman–Crippen MR) is 142 cm³/mol. The summed E-state index contributed by atoms with van der Waals surface area (Å²) in [7, 11) is -3.48. The summed E-state index contributed by atoms with van der Waals surface area (Å²) in [5.74, 6) is 0.371. The predicted octanol–water partition coefficient (Wildman–Crippen LogP) is 5.11. The molecule has 0 atom stereocenters. The van der Waals surface area contributed by atoms with Crippen LogP contribution in [0.2, 0.25) is 5.02 Å². The molecule has 0 bridgehead atoms. The van der Waals surface area contributed by atoms with Crippen molar-refractivity contribution < 1.29 is 8.42 Å². The van der Waals surface area contributed by atoms with Crippen LogP contribution in [0, 0.1) is 6.92 Å². The fourth-order valence-corrected chi connectivity index (χ4v) is 6.46. The monoisotopic (exact) mass is 536 g/mol. The SMILES string of the molecule is Cc1c(Cl)cccc1-n1ccn2c(SCc3ccccc3CS(=O)(=O)c3ccccc3)nnc2c1=O. The third kappa shape index (κ3) is 4.69. The number of rotatable bonds is 7. The van der Waals surface area contributed by atoms with Crippen LogP contribution >= 0.6 is 23.4 Å². The summed E-state index contributed by atoms with van der Waals surface area (Å²) in [4.78, 5) is 13.4. The summed E-state index contributed by atoms with van der Waals surface area (Å²) in [5, 5.41) is 9.45. The molecule has 0 N–H and O–H groups in total.